The highest BCUT2D eigenvalue weighted by Gasteiger charge is 2.16. The van der Waals surface area contributed by atoms with E-state index in [1.807, 2.05) is 37.3 Å². The van der Waals surface area contributed by atoms with Crippen molar-refractivity contribution in [2.24, 2.45) is 5.73 Å². The van der Waals surface area contributed by atoms with E-state index in [0.29, 0.717) is 11.7 Å². The van der Waals surface area contributed by atoms with Gasteiger partial charge in [0, 0.05) is 17.5 Å². The molecule has 21 heavy (non-hydrogen) atoms. The molecule has 5 nitrogen and oxygen atoms in total. The highest BCUT2D eigenvalue weighted by molar-refractivity contribution is 5.79. The standard InChI is InChI=1S/C16H18N4O/c1-3-4-14-19-16(20-21-14)15(17)12-7-8-13-11(9-12)6-5-10(2)18-13/h5-9,15H,3-4,17H2,1-2H3. The molecule has 0 radical (unpaired) electrons. The minimum atomic E-state index is -0.384. The summed E-state index contributed by atoms with van der Waals surface area (Å²) in [5.74, 6) is 1.17. The third kappa shape index (κ3) is 2.78. The highest BCUT2D eigenvalue weighted by Crippen LogP contribution is 2.22. The second kappa shape index (κ2) is 5.61. The number of rotatable bonds is 4. The summed E-state index contributed by atoms with van der Waals surface area (Å²) in [5, 5.41) is 5.04. The molecule has 0 spiro atoms. The van der Waals surface area contributed by atoms with Gasteiger partial charge in [-0.15, -0.1) is 0 Å². The average molecular weight is 282 g/mol. The van der Waals surface area contributed by atoms with Crippen LogP contribution in [0.25, 0.3) is 10.9 Å². The maximum Gasteiger partial charge on any atom is 0.226 e. The second-order valence-corrected chi connectivity index (χ2v) is 5.18. The Balaban J connectivity index is 1.92. The van der Waals surface area contributed by atoms with Crippen molar-refractivity contribution in [3.63, 3.8) is 0 Å². The van der Waals surface area contributed by atoms with Gasteiger partial charge in [-0.05, 0) is 37.1 Å². The number of aryl methyl sites for hydroxylation is 2. The fraction of sp³-hybridized carbons (Fsp3) is 0.312. The van der Waals surface area contributed by atoms with Crippen LogP contribution >= 0.6 is 0 Å². The summed E-state index contributed by atoms with van der Waals surface area (Å²) in [6.45, 7) is 4.05. The molecule has 0 aliphatic carbocycles. The Bertz CT molecular complexity index is 766. The molecule has 0 fully saturated rings. The molecule has 0 amide bonds. The van der Waals surface area contributed by atoms with Crippen LogP contribution in [0.3, 0.4) is 0 Å². The van der Waals surface area contributed by atoms with Crippen LogP contribution in [0.1, 0.15) is 42.4 Å². The molecule has 5 heteroatoms. The van der Waals surface area contributed by atoms with Crippen LogP contribution in [0.4, 0.5) is 0 Å². The van der Waals surface area contributed by atoms with Crippen LogP contribution in [0.2, 0.25) is 0 Å². The van der Waals surface area contributed by atoms with Crippen LogP contribution in [-0.4, -0.2) is 15.1 Å². The van der Waals surface area contributed by atoms with Crippen molar-refractivity contribution in [3.05, 3.63) is 53.3 Å². The fourth-order valence-corrected chi connectivity index (χ4v) is 2.30. The summed E-state index contributed by atoms with van der Waals surface area (Å²) in [7, 11) is 0. The maximum absolute atomic E-state index is 6.24. The SMILES string of the molecule is CCCc1nc(C(N)c2ccc3nc(C)ccc3c2)no1. The smallest absolute Gasteiger partial charge is 0.226 e. The lowest BCUT2D eigenvalue weighted by atomic mass is 10.0. The molecule has 1 unspecified atom stereocenters. The Morgan fingerprint density at radius 3 is 2.86 bits per heavy atom. The van der Waals surface area contributed by atoms with E-state index in [9.17, 15) is 0 Å². The molecule has 0 saturated heterocycles. The number of fused-ring (bicyclic) bond motifs is 1. The van der Waals surface area contributed by atoms with Crippen molar-refractivity contribution in [2.75, 3.05) is 0 Å². The summed E-state index contributed by atoms with van der Waals surface area (Å²) in [4.78, 5) is 8.84. The third-order valence-electron chi connectivity index (χ3n) is 3.44. The molecule has 108 valence electrons. The van der Waals surface area contributed by atoms with E-state index in [2.05, 4.69) is 22.0 Å². The van der Waals surface area contributed by atoms with Crippen LogP contribution in [-0.2, 0) is 6.42 Å². The van der Waals surface area contributed by atoms with Crippen molar-refractivity contribution in [1.82, 2.24) is 15.1 Å². The van der Waals surface area contributed by atoms with Gasteiger partial charge in [-0.1, -0.05) is 24.2 Å². The van der Waals surface area contributed by atoms with Gasteiger partial charge in [-0.25, -0.2) is 0 Å². The summed E-state index contributed by atoms with van der Waals surface area (Å²) in [6, 6.07) is 9.63. The summed E-state index contributed by atoms with van der Waals surface area (Å²) in [6.07, 6.45) is 1.75. The largest absolute Gasteiger partial charge is 0.339 e. The molecule has 0 saturated carbocycles. The molecule has 0 aliphatic heterocycles. The first-order chi connectivity index (χ1) is 10.2. The number of pyridine rings is 1. The van der Waals surface area contributed by atoms with Gasteiger partial charge in [0.1, 0.15) is 0 Å². The van der Waals surface area contributed by atoms with E-state index in [-0.39, 0.29) is 6.04 Å². The van der Waals surface area contributed by atoms with E-state index in [0.717, 1.165) is 35.0 Å². The molecule has 0 aliphatic rings. The average Bonchev–Trinajstić information content (AvgIpc) is 2.95. The number of aromatic nitrogens is 3. The molecule has 1 aromatic carbocycles. The Morgan fingerprint density at radius 2 is 2.05 bits per heavy atom. The number of benzene rings is 1. The predicted octanol–water partition coefficient (Wildman–Crippen LogP) is 2.93. The van der Waals surface area contributed by atoms with E-state index >= 15 is 0 Å². The van der Waals surface area contributed by atoms with Crippen molar-refractivity contribution < 1.29 is 4.52 Å². The molecule has 0 bridgehead atoms. The Kier molecular flexibility index (Phi) is 3.66. The van der Waals surface area contributed by atoms with Gasteiger partial charge in [0.2, 0.25) is 5.89 Å². The predicted molar refractivity (Wildman–Crippen MR) is 80.8 cm³/mol. The molecule has 2 N–H and O–H groups in total. The van der Waals surface area contributed by atoms with Gasteiger partial charge >= 0.3 is 0 Å². The molecule has 3 aromatic rings. The minimum absolute atomic E-state index is 0.384. The molecule has 1 atom stereocenters. The van der Waals surface area contributed by atoms with Gasteiger partial charge in [0.05, 0.1) is 11.6 Å². The minimum Gasteiger partial charge on any atom is -0.339 e. The normalized spacial score (nSPS) is 12.7. The number of hydrogen-bond acceptors (Lipinski definition) is 5. The van der Waals surface area contributed by atoms with E-state index in [4.69, 9.17) is 10.3 Å². The van der Waals surface area contributed by atoms with Crippen molar-refractivity contribution in [3.8, 4) is 0 Å². The molecule has 2 heterocycles. The Labute approximate surface area is 123 Å². The Hall–Kier alpha value is -2.27. The number of hydrogen-bond donors (Lipinski definition) is 1. The van der Waals surface area contributed by atoms with Crippen LogP contribution in [0.5, 0.6) is 0 Å². The van der Waals surface area contributed by atoms with E-state index < -0.39 is 0 Å². The lowest BCUT2D eigenvalue weighted by molar-refractivity contribution is 0.370. The number of nitrogens with zero attached hydrogens (tertiary/aromatic N) is 3. The number of nitrogens with two attached hydrogens (primary N) is 1. The van der Waals surface area contributed by atoms with Gasteiger partial charge in [-0.2, -0.15) is 4.98 Å². The summed E-state index contributed by atoms with van der Waals surface area (Å²) >= 11 is 0. The molecular weight excluding hydrogens is 264 g/mol. The first-order valence-corrected chi connectivity index (χ1v) is 7.12. The quantitative estimate of drug-likeness (QED) is 0.796. The summed E-state index contributed by atoms with van der Waals surface area (Å²) < 4.78 is 5.20. The topological polar surface area (TPSA) is 77.8 Å². The zero-order valence-electron chi connectivity index (χ0n) is 12.2. The first-order valence-electron chi connectivity index (χ1n) is 7.12. The van der Waals surface area contributed by atoms with Gasteiger partial charge in [0.25, 0.3) is 0 Å². The molecule has 2 aromatic heterocycles. The van der Waals surface area contributed by atoms with Crippen molar-refractivity contribution in [2.45, 2.75) is 32.7 Å². The van der Waals surface area contributed by atoms with E-state index in [1.165, 1.54) is 0 Å². The van der Waals surface area contributed by atoms with Crippen LogP contribution in [0.15, 0.2) is 34.9 Å². The van der Waals surface area contributed by atoms with Crippen molar-refractivity contribution >= 4 is 10.9 Å². The summed E-state index contributed by atoms with van der Waals surface area (Å²) in [5.41, 5.74) is 9.16. The third-order valence-corrected chi connectivity index (χ3v) is 3.44. The molecule has 3 rings (SSSR count). The maximum atomic E-state index is 6.24. The van der Waals surface area contributed by atoms with Crippen LogP contribution < -0.4 is 5.73 Å². The monoisotopic (exact) mass is 282 g/mol. The van der Waals surface area contributed by atoms with Gasteiger partial charge in [-0.3, -0.25) is 4.98 Å². The van der Waals surface area contributed by atoms with E-state index in [1.54, 1.807) is 0 Å². The molecular formula is C16H18N4O. The zero-order valence-corrected chi connectivity index (χ0v) is 12.2. The van der Waals surface area contributed by atoms with Crippen molar-refractivity contribution in [1.29, 1.82) is 0 Å². The highest BCUT2D eigenvalue weighted by atomic mass is 16.5. The Morgan fingerprint density at radius 1 is 1.19 bits per heavy atom. The zero-order chi connectivity index (χ0) is 14.8. The van der Waals surface area contributed by atoms with Crippen LogP contribution in [0, 0.1) is 6.92 Å². The second-order valence-electron chi connectivity index (χ2n) is 5.18. The lowest BCUT2D eigenvalue weighted by Gasteiger charge is -2.08. The van der Waals surface area contributed by atoms with Gasteiger partial charge in [0.15, 0.2) is 5.82 Å². The fourth-order valence-electron chi connectivity index (χ4n) is 2.30. The van der Waals surface area contributed by atoms with Gasteiger partial charge < -0.3 is 10.3 Å². The lowest BCUT2D eigenvalue weighted by Crippen LogP contribution is -2.13. The first kappa shape index (κ1) is 13.7.